The molecule has 0 saturated carbocycles. The zero-order valence-corrected chi connectivity index (χ0v) is 12.8. The van der Waals surface area contributed by atoms with Crippen LogP contribution >= 0.6 is 0 Å². The lowest BCUT2D eigenvalue weighted by molar-refractivity contribution is -0.139. The summed E-state index contributed by atoms with van der Waals surface area (Å²) in [6.45, 7) is 5.17. The van der Waals surface area contributed by atoms with Gasteiger partial charge in [0.15, 0.2) is 6.04 Å². The Morgan fingerprint density at radius 2 is 1.73 bits per heavy atom. The van der Waals surface area contributed by atoms with Crippen molar-refractivity contribution in [3.05, 3.63) is 48.0 Å². The van der Waals surface area contributed by atoms with Gasteiger partial charge in [-0.15, -0.1) is 0 Å². The summed E-state index contributed by atoms with van der Waals surface area (Å²) in [7, 11) is 0. The van der Waals surface area contributed by atoms with Crippen LogP contribution in [0, 0.1) is 0 Å². The summed E-state index contributed by atoms with van der Waals surface area (Å²) in [5.74, 6) is -1.14. The van der Waals surface area contributed by atoms with Gasteiger partial charge in [-0.1, -0.05) is 42.5 Å². The van der Waals surface area contributed by atoms with Gasteiger partial charge in [0.2, 0.25) is 0 Å². The lowest BCUT2D eigenvalue weighted by atomic mass is 9.99. The second kappa shape index (κ2) is 6.05. The largest absolute Gasteiger partial charge is 0.479 e. The number of rotatable bonds is 3. The third-order valence-electron chi connectivity index (χ3n) is 3.04. The molecular weight excluding hydrogens is 282 g/mol. The number of aliphatic carboxylic acids is 1. The lowest BCUT2D eigenvalue weighted by Gasteiger charge is -2.22. The molecule has 2 aromatic carbocycles. The van der Waals surface area contributed by atoms with E-state index in [2.05, 4.69) is 5.32 Å². The SMILES string of the molecule is CC(C)(C)OC(=O)N[C@H](C(=O)O)c1cccc2ccccc12. The highest BCUT2D eigenvalue weighted by Gasteiger charge is 2.26. The molecule has 116 valence electrons. The molecule has 2 rings (SSSR count). The van der Waals surface area contributed by atoms with E-state index >= 15 is 0 Å². The molecule has 5 nitrogen and oxygen atoms in total. The van der Waals surface area contributed by atoms with Crippen LogP contribution in [0.25, 0.3) is 10.8 Å². The molecule has 0 bridgehead atoms. The minimum atomic E-state index is -1.17. The molecule has 0 fully saturated rings. The van der Waals surface area contributed by atoms with E-state index in [4.69, 9.17) is 4.74 Å². The van der Waals surface area contributed by atoms with E-state index < -0.39 is 23.7 Å². The number of carbonyl (C=O) groups excluding carboxylic acids is 1. The summed E-state index contributed by atoms with van der Waals surface area (Å²) in [4.78, 5) is 23.5. The normalized spacial score (nSPS) is 12.7. The fourth-order valence-electron chi connectivity index (χ4n) is 2.20. The van der Waals surface area contributed by atoms with Crippen LogP contribution in [0.4, 0.5) is 4.79 Å². The van der Waals surface area contributed by atoms with Crippen molar-refractivity contribution in [3.8, 4) is 0 Å². The van der Waals surface area contributed by atoms with E-state index in [0.717, 1.165) is 10.8 Å². The smallest absolute Gasteiger partial charge is 0.408 e. The molecular formula is C17H19NO4. The van der Waals surface area contributed by atoms with Gasteiger partial charge in [0.05, 0.1) is 0 Å². The van der Waals surface area contributed by atoms with Gasteiger partial charge < -0.3 is 15.2 Å². The van der Waals surface area contributed by atoms with E-state index in [1.165, 1.54) is 0 Å². The van der Waals surface area contributed by atoms with Crippen molar-refractivity contribution in [1.82, 2.24) is 5.32 Å². The Hall–Kier alpha value is -2.56. The first-order valence-corrected chi connectivity index (χ1v) is 6.98. The Kier molecular flexibility index (Phi) is 4.35. The molecule has 0 radical (unpaired) electrons. The zero-order chi connectivity index (χ0) is 16.3. The average molecular weight is 301 g/mol. The van der Waals surface area contributed by atoms with Gasteiger partial charge in [0.1, 0.15) is 5.60 Å². The van der Waals surface area contributed by atoms with Crippen molar-refractivity contribution in [1.29, 1.82) is 0 Å². The van der Waals surface area contributed by atoms with E-state index in [-0.39, 0.29) is 0 Å². The molecule has 2 aromatic rings. The first-order chi connectivity index (χ1) is 10.3. The van der Waals surface area contributed by atoms with Crippen LogP contribution in [0.3, 0.4) is 0 Å². The van der Waals surface area contributed by atoms with Gasteiger partial charge in [-0.3, -0.25) is 0 Å². The molecule has 0 aliphatic rings. The monoisotopic (exact) mass is 301 g/mol. The van der Waals surface area contributed by atoms with Crippen molar-refractivity contribution < 1.29 is 19.4 Å². The van der Waals surface area contributed by atoms with Crippen LogP contribution in [0.2, 0.25) is 0 Å². The van der Waals surface area contributed by atoms with Gasteiger partial charge in [-0.25, -0.2) is 9.59 Å². The predicted molar refractivity (Wildman–Crippen MR) is 83.7 cm³/mol. The topological polar surface area (TPSA) is 75.6 Å². The number of carboxylic acids is 1. The maximum atomic E-state index is 11.9. The maximum Gasteiger partial charge on any atom is 0.408 e. The number of ether oxygens (including phenoxy) is 1. The van der Waals surface area contributed by atoms with Crippen LogP contribution in [-0.4, -0.2) is 22.8 Å². The molecule has 5 heteroatoms. The highest BCUT2D eigenvalue weighted by molar-refractivity contribution is 5.92. The summed E-state index contributed by atoms with van der Waals surface area (Å²) >= 11 is 0. The van der Waals surface area contributed by atoms with Gasteiger partial charge >= 0.3 is 12.1 Å². The average Bonchev–Trinajstić information content (AvgIpc) is 2.42. The van der Waals surface area contributed by atoms with Crippen LogP contribution in [0.1, 0.15) is 32.4 Å². The summed E-state index contributed by atoms with van der Waals surface area (Å²) in [6, 6.07) is 11.6. The molecule has 0 aliphatic heterocycles. The number of alkyl carbamates (subject to hydrolysis) is 1. The molecule has 22 heavy (non-hydrogen) atoms. The van der Waals surface area contributed by atoms with Crippen LogP contribution in [0.15, 0.2) is 42.5 Å². The summed E-state index contributed by atoms with van der Waals surface area (Å²) in [5.41, 5.74) is -0.164. The molecule has 0 heterocycles. The molecule has 0 spiro atoms. The highest BCUT2D eigenvalue weighted by Crippen LogP contribution is 2.25. The number of amides is 1. The van der Waals surface area contributed by atoms with E-state index in [0.29, 0.717) is 5.56 Å². The minimum absolute atomic E-state index is 0.524. The minimum Gasteiger partial charge on any atom is -0.479 e. The molecule has 0 unspecified atom stereocenters. The molecule has 1 amide bonds. The van der Waals surface area contributed by atoms with Crippen molar-refractivity contribution in [2.24, 2.45) is 0 Å². The molecule has 0 aromatic heterocycles. The van der Waals surface area contributed by atoms with E-state index in [1.54, 1.807) is 32.9 Å². The van der Waals surface area contributed by atoms with Gasteiger partial charge in [-0.2, -0.15) is 0 Å². The van der Waals surface area contributed by atoms with E-state index in [9.17, 15) is 14.7 Å². The van der Waals surface area contributed by atoms with Crippen molar-refractivity contribution in [3.63, 3.8) is 0 Å². The van der Waals surface area contributed by atoms with Crippen LogP contribution < -0.4 is 5.32 Å². The summed E-state index contributed by atoms with van der Waals surface area (Å²) < 4.78 is 5.14. The quantitative estimate of drug-likeness (QED) is 0.910. The van der Waals surface area contributed by atoms with Crippen molar-refractivity contribution >= 4 is 22.8 Å². The standard InChI is InChI=1S/C17H19NO4/c1-17(2,3)22-16(21)18-14(15(19)20)13-10-6-8-11-7-4-5-9-12(11)13/h4-10,14H,1-3H3,(H,18,21)(H,19,20)/t14-/m0/s1. The fraction of sp³-hybridized carbons (Fsp3) is 0.294. The Morgan fingerprint density at radius 1 is 1.09 bits per heavy atom. The zero-order valence-electron chi connectivity index (χ0n) is 12.8. The third-order valence-corrected chi connectivity index (χ3v) is 3.04. The second-order valence-corrected chi connectivity index (χ2v) is 5.99. The number of hydrogen-bond donors (Lipinski definition) is 2. The number of carbonyl (C=O) groups is 2. The van der Waals surface area contributed by atoms with Crippen LogP contribution in [0.5, 0.6) is 0 Å². The first-order valence-electron chi connectivity index (χ1n) is 6.98. The second-order valence-electron chi connectivity index (χ2n) is 5.99. The Morgan fingerprint density at radius 3 is 2.36 bits per heavy atom. The predicted octanol–water partition coefficient (Wildman–Crippen LogP) is 3.49. The summed E-state index contributed by atoms with van der Waals surface area (Å²) in [5, 5.41) is 13.6. The molecule has 2 N–H and O–H groups in total. The maximum absolute atomic E-state index is 11.9. The number of carboxylic acid groups (broad SMARTS) is 1. The molecule has 0 saturated heterocycles. The van der Waals surface area contributed by atoms with Gasteiger partial charge in [-0.05, 0) is 37.1 Å². The Bertz CT molecular complexity index is 698. The number of hydrogen-bond acceptors (Lipinski definition) is 3. The van der Waals surface area contributed by atoms with E-state index in [1.807, 2.05) is 30.3 Å². The van der Waals surface area contributed by atoms with Gasteiger partial charge in [0.25, 0.3) is 0 Å². The first kappa shape index (κ1) is 15.8. The number of benzene rings is 2. The van der Waals surface area contributed by atoms with Crippen molar-refractivity contribution in [2.45, 2.75) is 32.4 Å². The van der Waals surface area contributed by atoms with Crippen LogP contribution in [-0.2, 0) is 9.53 Å². The third kappa shape index (κ3) is 3.75. The lowest BCUT2D eigenvalue weighted by Crippen LogP contribution is -2.38. The van der Waals surface area contributed by atoms with Crippen molar-refractivity contribution in [2.75, 3.05) is 0 Å². The Balaban J connectivity index is 2.35. The number of fused-ring (bicyclic) bond motifs is 1. The molecule has 1 atom stereocenters. The van der Waals surface area contributed by atoms with Gasteiger partial charge in [0, 0.05) is 0 Å². The fourth-order valence-corrected chi connectivity index (χ4v) is 2.20. The number of nitrogens with one attached hydrogen (secondary N) is 1. The Labute approximate surface area is 128 Å². The molecule has 0 aliphatic carbocycles. The summed E-state index contributed by atoms with van der Waals surface area (Å²) in [6.07, 6.45) is -0.757. The highest BCUT2D eigenvalue weighted by atomic mass is 16.6.